The van der Waals surface area contributed by atoms with Crippen molar-refractivity contribution in [2.24, 2.45) is 5.73 Å². The van der Waals surface area contributed by atoms with Crippen molar-refractivity contribution in [3.05, 3.63) is 36.2 Å². The van der Waals surface area contributed by atoms with Crippen LogP contribution in [0.5, 0.6) is 23.3 Å². The van der Waals surface area contributed by atoms with Crippen molar-refractivity contribution in [3.63, 3.8) is 0 Å². The van der Waals surface area contributed by atoms with Crippen LogP contribution in [0.2, 0.25) is 0 Å². The van der Waals surface area contributed by atoms with Gasteiger partial charge in [0.05, 0.1) is 0 Å². The molecule has 2 aromatic rings. The second kappa shape index (κ2) is 4.45. The van der Waals surface area contributed by atoms with Crippen LogP contribution in [0.15, 0.2) is 30.5 Å². The molecule has 0 radical (unpaired) electrons. The molecule has 1 aromatic heterocycles. The zero-order chi connectivity index (χ0) is 13.2. The minimum absolute atomic E-state index is 0.117. The van der Waals surface area contributed by atoms with Gasteiger partial charge in [-0.2, -0.15) is 4.98 Å². The number of rotatable bonds is 3. The molecule has 1 aromatic carbocycles. The highest BCUT2D eigenvalue weighted by Gasteiger charge is 2.14. The number of benzene rings is 1. The highest BCUT2D eigenvalue weighted by Crippen LogP contribution is 2.35. The number of aromatic nitrogens is 2. The first-order valence-electron chi connectivity index (χ1n) is 5.47. The van der Waals surface area contributed by atoms with Crippen LogP contribution in [-0.2, 0) is 0 Å². The zero-order valence-electron chi connectivity index (χ0n) is 9.79. The van der Waals surface area contributed by atoms with E-state index in [1.54, 1.807) is 18.2 Å². The summed E-state index contributed by atoms with van der Waals surface area (Å²) in [4.78, 5) is 7.96. The van der Waals surface area contributed by atoms with Crippen LogP contribution in [0.1, 0.15) is 5.69 Å². The Morgan fingerprint density at radius 1 is 1.26 bits per heavy atom. The third-order valence-corrected chi connectivity index (χ3v) is 2.46. The fraction of sp³-hybridized carbons (Fsp3) is 0.0833. The van der Waals surface area contributed by atoms with Gasteiger partial charge < -0.3 is 19.9 Å². The average Bonchev–Trinajstić information content (AvgIpc) is 2.86. The number of fused-ring (bicyclic) bond motifs is 1. The van der Waals surface area contributed by atoms with Gasteiger partial charge in [-0.1, -0.05) is 0 Å². The maximum absolute atomic E-state index is 7.31. The fourth-order valence-electron chi connectivity index (χ4n) is 1.59. The zero-order valence-corrected chi connectivity index (χ0v) is 9.79. The Morgan fingerprint density at radius 3 is 2.95 bits per heavy atom. The van der Waals surface area contributed by atoms with Crippen LogP contribution in [-0.4, -0.2) is 22.6 Å². The van der Waals surface area contributed by atoms with Crippen LogP contribution in [0.3, 0.4) is 0 Å². The van der Waals surface area contributed by atoms with Crippen LogP contribution >= 0.6 is 0 Å². The molecule has 0 aliphatic carbocycles. The van der Waals surface area contributed by atoms with E-state index in [4.69, 9.17) is 25.4 Å². The topological polar surface area (TPSA) is 103 Å². The third-order valence-electron chi connectivity index (χ3n) is 2.46. The lowest BCUT2D eigenvalue weighted by atomic mass is 10.3. The van der Waals surface area contributed by atoms with Crippen molar-refractivity contribution in [2.45, 2.75) is 0 Å². The molecule has 0 bridgehead atoms. The summed E-state index contributed by atoms with van der Waals surface area (Å²) >= 11 is 0. The van der Waals surface area contributed by atoms with Gasteiger partial charge in [-0.25, -0.2) is 4.98 Å². The summed E-state index contributed by atoms with van der Waals surface area (Å²) in [5.74, 6) is 1.66. The van der Waals surface area contributed by atoms with E-state index in [-0.39, 0.29) is 18.6 Å². The lowest BCUT2D eigenvalue weighted by Gasteiger charge is -2.05. The van der Waals surface area contributed by atoms with Crippen LogP contribution in [0, 0.1) is 5.41 Å². The van der Waals surface area contributed by atoms with Crippen molar-refractivity contribution < 1.29 is 14.2 Å². The number of nitrogens with one attached hydrogen (secondary N) is 1. The van der Waals surface area contributed by atoms with Gasteiger partial charge in [-0.15, -0.1) is 0 Å². The SMILES string of the molecule is N=C(N)c1ccnc(Oc2ccc3c(c2)OCO3)n1. The van der Waals surface area contributed by atoms with Crippen LogP contribution in [0.4, 0.5) is 0 Å². The van der Waals surface area contributed by atoms with Gasteiger partial charge in [0.15, 0.2) is 11.5 Å². The minimum Gasteiger partial charge on any atom is -0.454 e. The van der Waals surface area contributed by atoms with Gasteiger partial charge >= 0.3 is 6.01 Å². The number of hydrogen-bond donors (Lipinski definition) is 2. The molecule has 3 rings (SSSR count). The molecule has 0 fully saturated rings. The standard InChI is InChI=1S/C12H10N4O3/c13-11(14)8-3-4-15-12(16-8)19-7-1-2-9-10(5-7)18-6-17-9/h1-5H,6H2,(H3,13,14). The molecule has 0 saturated carbocycles. The molecular formula is C12H10N4O3. The van der Waals surface area contributed by atoms with Crippen molar-refractivity contribution in [2.75, 3.05) is 6.79 Å². The van der Waals surface area contributed by atoms with Crippen molar-refractivity contribution >= 4 is 5.84 Å². The molecule has 3 N–H and O–H groups in total. The van der Waals surface area contributed by atoms with E-state index in [2.05, 4.69) is 9.97 Å². The highest BCUT2D eigenvalue weighted by atomic mass is 16.7. The molecule has 19 heavy (non-hydrogen) atoms. The first-order chi connectivity index (χ1) is 9.22. The Hall–Kier alpha value is -2.83. The van der Waals surface area contributed by atoms with Crippen LogP contribution < -0.4 is 19.9 Å². The maximum atomic E-state index is 7.31. The average molecular weight is 258 g/mol. The number of nitrogen functional groups attached to an aromatic ring is 1. The van der Waals surface area contributed by atoms with Crippen molar-refractivity contribution in [1.82, 2.24) is 9.97 Å². The summed E-state index contributed by atoms with van der Waals surface area (Å²) < 4.78 is 15.9. The highest BCUT2D eigenvalue weighted by molar-refractivity contribution is 5.92. The van der Waals surface area contributed by atoms with E-state index in [1.807, 2.05) is 0 Å². The Labute approximate surface area is 108 Å². The van der Waals surface area contributed by atoms with Gasteiger partial charge in [0.25, 0.3) is 0 Å². The Bertz CT molecular complexity index is 645. The summed E-state index contributed by atoms with van der Waals surface area (Å²) in [5.41, 5.74) is 5.66. The number of hydrogen-bond acceptors (Lipinski definition) is 6. The molecule has 7 heteroatoms. The molecule has 0 saturated heterocycles. The summed E-state index contributed by atoms with van der Waals surface area (Å²) in [6.45, 7) is 0.203. The monoisotopic (exact) mass is 258 g/mol. The molecule has 1 aliphatic rings. The smallest absolute Gasteiger partial charge is 0.322 e. The normalized spacial score (nSPS) is 12.2. The van der Waals surface area contributed by atoms with E-state index >= 15 is 0 Å². The number of nitrogens with zero attached hydrogens (tertiary/aromatic N) is 2. The van der Waals surface area contributed by atoms with Gasteiger partial charge in [0.2, 0.25) is 6.79 Å². The third kappa shape index (κ3) is 2.25. The molecule has 96 valence electrons. The second-order valence-corrected chi connectivity index (χ2v) is 3.76. The molecule has 2 heterocycles. The Balaban J connectivity index is 1.85. The Kier molecular flexibility index (Phi) is 2.64. The quantitative estimate of drug-likeness (QED) is 0.635. The van der Waals surface area contributed by atoms with Crippen LogP contribution in [0.25, 0.3) is 0 Å². The van der Waals surface area contributed by atoms with Crippen molar-refractivity contribution in [1.29, 1.82) is 5.41 Å². The first kappa shape index (κ1) is 11.3. The first-order valence-corrected chi connectivity index (χ1v) is 5.47. The molecule has 0 atom stereocenters. The number of nitrogens with two attached hydrogens (primary N) is 1. The summed E-state index contributed by atoms with van der Waals surface area (Å²) in [6, 6.07) is 6.80. The van der Waals surface area contributed by atoms with E-state index < -0.39 is 0 Å². The van der Waals surface area contributed by atoms with Gasteiger partial charge in [-0.05, 0) is 18.2 Å². The molecule has 0 amide bonds. The fourth-order valence-corrected chi connectivity index (χ4v) is 1.59. The summed E-state index contributed by atoms with van der Waals surface area (Å²) in [5, 5.41) is 7.31. The van der Waals surface area contributed by atoms with Gasteiger partial charge in [-0.3, -0.25) is 5.41 Å². The molecule has 1 aliphatic heterocycles. The molecule has 0 spiro atoms. The van der Waals surface area contributed by atoms with Gasteiger partial charge in [0, 0.05) is 12.3 Å². The van der Waals surface area contributed by atoms with E-state index in [0.717, 1.165) is 0 Å². The van der Waals surface area contributed by atoms with Gasteiger partial charge in [0.1, 0.15) is 17.3 Å². The molecular weight excluding hydrogens is 248 g/mol. The largest absolute Gasteiger partial charge is 0.454 e. The van der Waals surface area contributed by atoms with E-state index in [9.17, 15) is 0 Å². The summed E-state index contributed by atoms with van der Waals surface area (Å²) in [6.07, 6.45) is 1.48. The molecule has 7 nitrogen and oxygen atoms in total. The predicted octanol–water partition coefficient (Wildman–Crippen LogP) is 1.28. The minimum atomic E-state index is -0.141. The Morgan fingerprint density at radius 2 is 2.11 bits per heavy atom. The van der Waals surface area contributed by atoms with E-state index in [1.165, 1.54) is 12.3 Å². The van der Waals surface area contributed by atoms with Crippen molar-refractivity contribution in [3.8, 4) is 23.3 Å². The summed E-state index contributed by atoms with van der Waals surface area (Å²) in [7, 11) is 0. The maximum Gasteiger partial charge on any atom is 0.322 e. The number of ether oxygens (including phenoxy) is 3. The molecule has 0 unspecified atom stereocenters. The second-order valence-electron chi connectivity index (χ2n) is 3.76. The van der Waals surface area contributed by atoms with E-state index in [0.29, 0.717) is 22.9 Å². The number of amidine groups is 1. The lowest BCUT2D eigenvalue weighted by molar-refractivity contribution is 0.174. The lowest BCUT2D eigenvalue weighted by Crippen LogP contribution is -2.13. The predicted molar refractivity (Wildman–Crippen MR) is 65.7 cm³/mol.